The Balaban J connectivity index is 1.61. The van der Waals surface area contributed by atoms with Gasteiger partial charge >= 0.3 is 4.87 Å². The summed E-state index contributed by atoms with van der Waals surface area (Å²) in [7, 11) is 0. The average molecular weight is 345 g/mol. The van der Waals surface area contributed by atoms with Crippen molar-refractivity contribution in [1.82, 2.24) is 9.47 Å². The van der Waals surface area contributed by atoms with E-state index in [9.17, 15) is 9.59 Å². The Morgan fingerprint density at radius 3 is 2.75 bits per heavy atom. The number of nitrogens with zero attached hydrogens (tertiary/aromatic N) is 2. The van der Waals surface area contributed by atoms with Crippen LogP contribution in [0.1, 0.15) is 30.5 Å². The van der Waals surface area contributed by atoms with Crippen molar-refractivity contribution in [3.63, 3.8) is 0 Å². The van der Waals surface area contributed by atoms with Crippen molar-refractivity contribution in [1.29, 1.82) is 0 Å². The molecule has 24 heavy (non-hydrogen) atoms. The molecule has 1 fully saturated rings. The van der Waals surface area contributed by atoms with Crippen molar-refractivity contribution in [2.45, 2.75) is 39.3 Å². The zero-order chi connectivity index (χ0) is 16.9. The highest BCUT2D eigenvalue weighted by molar-refractivity contribution is 7.07. The highest BCUT2D eigenvalue weighted by Gasteiger charge is 2.12. The van der Waals surface area contributed by atoms with Gasteiger partial charge in [0.1, 0.15) is 6.54 Å². The van der Waals surface area contributed by atoms with Crippen LogP contribution in [0, 0.1) is 6.92 Å². The van der Waals surface area contributed by atoms with Crippen LogP contribution in [0.25, 0.3) is 0 Å². The number of benzene rings is 1. The number of aryl methyl sites for hydroxylation is 1. The first-order valence-electron chi connectivity index (χ1n) is 8.38. The molecule has 5 nitrogen and oxygen atoms in total. The second kappa shape index (κ2) is 7.77. The van der Waals surface area contributed by atoms with Crippen LogP contribution in [-0.2, 0) is 17.9 Å². The second-order valence-electron chi connectivity index (χ2n) is 6.31. The number of hydrogen-bond acceptors (Lipinski definition) is 4. The van der Waals surface area contributed by atoms with Crippen LogP contribution in [0.15, 0.2) is 34.4 Å². The molecule has 0 bridgehead atoms. The minimum atomic E-state index is -0.172. The maximum atomic E-state index is 12.2. The molecule has 1 N–H and O–H groups in total. The molecule has 0 saturated carbocycles. The molecule has 3 rings (SSSR count). The van der Waals surface area contributed by atoms with E-state index in [2.05, 4.69) is 16.3 Å². The van der Waals surface area contributed by atoms with Gasteiger partial charge in [-0.15, -0.1) is 0 Å². The molecule has 0 atom stereocenters. The Labute approximate surface area is 145 Å². The van der Waals surface area contributed by atoms with Gasteiger partial charge < -0.3 is 5.32 Å². The molecule has 1 aliphatic rings. The van der Waals surface area contributed by atoms with Crippen molar-refractivity contribution in [3.8, 4) is 0 Å². The van der Waals surface area contributed by atoms with Gasteiger partial charge in [0, 0.05) is 23.3 Å². The maximum Gasteiger partial charge on any atom is 0.307 e. The fourth-order valence-corrected chi connectivity index (χ4v) is 3.80. The summed E-state index contributed by atoms with van der Waals surface area (Å²) in [6.07, 6.45) is 3.87. The van der Waals surface area contributed by atoms with Crippen LogP contribution in [0.2, 0.25) is 0 Å². The summed E-state index contributed by atoms with van der Waals surface area (Å²) in [6, 6.07) is 7.98. The summed E-state index contributed by atoms with van der Waals surface area (Å²) in [5, 5.41) is 4.67. The fraction of sp³-hybridized carbons (Fsp3) is 0.444. The lowest BCUT2D eigenvalue weighted by molar-refractivity contribution is -0.116. The molecule has 6 heteroatoms. The van der Waals surface area contributed by atoms with E-state index in [1.165, 1.54) is 29.4 Å². The Morgan fingerprint density at radius 2 is 2.04 bits per heavy atom. The molecule has 0 unspecified atom stereocenters. The van der Waals surface area contributed by atoms with Crippen molar-refractivity contribution < 1.29 is 4.79 Å². The van der Waals surface area contributed by atoms with Crippen LogP contribution >= 0.6 is 11.3 Å². The number of carbonyl (C=O) groups is 1. The number of thiazole rings is 1. The van der Waals surface area contributed by atoms with Gasteiger partial charge in [0.05, 0.1) is 0 Å². The summed E-state index contributed by atoms with van der Waals surface area (Å²) in [4.78, 5) is 26.3. The Bertz CT molecular complexity index is 760. The first-order valence-corrected chi connectivity index (χ1v) is 9.26. The molecule has 0 aliphatic carbocycles. The first kappa shape index (κ1) is 16.9. The lowest BCUT2D eigenvalue weighted by atomic mass is 10.1. The fourth-order valence-electron chi connectivity index (χ4n) is 3.06. The summed E-state index contributed by atoms with van der Waals surface area (Å²) >= 11 is 1.12. The number of rotatable bonds is 5. The van der Waals surface area contributed by atoms with Crippen LogP contribution in [0.5, 0.6) is 0 Å². The lowest BCUT2D eigenvalue weighted by Crippen LogP contribution is -2.29. The van der Waals surface area contributed by atoms with Crippen LogP contribution in [0.3, 0.4) is 0 Å². The average Bonchev–Trinajstić information content (AvgIpc) is 2.88. The second-order valence-corrected chi connectivity index (χ2v) is 7.14. The van der Waals surface area contributed by atoms with E-state index in [0.29, 0.717) is 0 Å². The smallest absolute Gasteiger partial charge is 0.307 e. The Morgan fingerprint density at radius 1 is 1.25 bits per heavy atom. The van der Waals surface area contributed by atoms with Gasteiger partial charge in [-0.25, -0.2) is 0 Å². The summed E-state index contributed by atoms with van der Waals surface area (Å²) in [5.41, 5.74) is 2.81. The van der Waals surface area contributed by atoms with E-state index in [1.807, 2.05) is 25.1 Å². The van der Waals surface area contributed by atoms with Crippen molar-refractivity contribution in [2.75, 3.05) is 18.4 Å². The molecular formula is C18H23N3O2S. The largest absolute Gasteiger partial charge is 0.325 e. The van der Waals surface area contributed by atoms with Crippen molar-refractivity contribution >= 4 is 22.9 Å². The number of hydrogen-bond donors (Lipinski definition) is 1. The van der Waals surface area contributed by atoms with E-state index in [-0.39, 0.29) is 17.3 Å². The zero-order valence-corrected chi connectivity index (χ0v) is 14.8. The van der Waals surface area contributed by atoms with E-state index in [0.717, 1.165) is 42.4 Å². The van der Waals surface area contributed by atoms with Gasteiger partial charge in [0.2, 0.25) is 5.91 Å². The third-order valence-electron chi connectivity index (χ3n) is 4.34. The number of amides is 1. The summed E-state index contributed by atoms with van der Waals surface area (Å²) < 4.78 is 1.50. The SMILES string of the molecule is Cc1csc(=O)n1CC(=O)Nc1cccc(CN2CCCCC2)c1. The summed E-state index contributed by atoms with van der Waals surface area (Å²) in [5.74, 6) is -0.172. The monoisotopic (exact) mass is 345 g/mol. The number of piperidine rings is 1. The predicted molar refractivity (Wildman–Crippen MR) is 97.5 cm³/mol. The van der Waals surface area contributed by atoms with E-state index < -0.39 is 0 Å². The van der Waals surface area contributed by atoms with Gasteiger partial charge in [-0.3, -0.25) is 19.1 Å². The van der Waals surface area contributed by atoms with E-state index in [1.54, 1.807) is 5.38 Å². The quantitative estimate of drug-likeness (QED) is 0.907. The third kappa shape index (κ3) is 4.33. The topological polar surface area (TPSA) is 54.3 Å². The molecule has 1 saturated heterocycles. The van der Waals surface area contributed by atoms with Crippen molar-refractivity contribution in [3.05, 3.63) is 50.6 Å². The molecule has 1 aliphatic heterocycles. The molecule has 2 aromatic rings. The Hall–Kier alpha value is -1.92. The molecular weight excluding hydrogens is 322 g/mol. The van der Waals surface area contributed by atoms with Crippen LogP contribution < -0.4 is 10.2 Å². The summed E-state index contributed by atoms with van der Waals surface area (Å²) in [6.45, 7) is 5.12. The third-order valence-corrected chi connectivity index (χ3v) is 5.22. The van der Waals surface area contributed by atoms with Gasteiger partial charge in [-0.1, -0.05) is 29.9 Å². The predicted octanol–water partition coefficient (Wildman–Crippen LogP) is 2.84. The maximum absolute atomic E-state index is 12.2. The Kier molecular flexibility index (Phi) is 5.48. The van der Waals surface area contributed by atoms with Gasteiger partial charge in [-0.05, 0) is 50.6 Å². The number of anilines is 1. The number of nitrogens with one attached hydrogen (secondary N) is 1. The highest BCUT2D eigenvalue weighted by Crippen LogP contribution is 2.16. The first-order chi connectivity index (χ1) is 11.6. The van der Waals surface area contributed by atoms with Gasteiger partial charge in [0.25, 0.3) is 0 Å². The zero-order valence-electron chi connectivity index (χ0n) is 14.0. The molecule has 0 radical (unpaired) electrons. The number of aromatic nitrogens is 1. The van der Waals surface area contributed by atoms with Crippen LogP contribution in [0.4, 0.5) is 5.69 Å². The number of likely N-dealkylation sites (tertiary alicyclic amines) is 1. The van der Waals surface area contributed by atoms with Gasteiger partial charge in [-0.2, -0.15) is 0 Å². The standard InChI is InChI=1S/C18H23N3O2S/c1-14-13-24-18(23)21(14)12-17(22)19-16-7-5-6-15(10-16)11-20-8-3-2-4-9-20/h5-7,10,13H,2-4,8-9,11-12H2,1H3,(H,19,22). The van der Waals surface area contributed by atoms with E-state index >= 15 is 0 Å². The molecule has 128 valence electrons. The molecule has 1 aromatic heterocycles. The van der Waals surface area contributed by atoms with E-state index in [4.69, 9.17) is 0 Å². The highest BCUT2D eigenvalue weighted by atomic mass is 32.1. The number of carbonyl (C=O) groups excluding carboxylic acids is 1. The molecule has 2 heterocycles. The van der Waals surface area contributed by atoms with Gasteiger partial charge in [0.15, 0.2) is 0 Å². The molecule has 1 amide bonds. The minimum absolute atomic E-state index is 0.0600. The van der Waals surface area contributed by atoms with Crippen molar-refractivity contribution in [2.24, 2.45) is 0 Å². The van der Waals surface area contributed by atoms with Crippen LogP contribution in [-0.4, -0.2) is 28.5 Å². The normalized spacial score (nSPS) is 15.4. The molecule has 1 aromatic carbocycles. The minimum Gasteiger partial charge on any atom is -0.325 e. The lowest BCUT2D eigenvalue weighted by Gasteiger charge is -2.26. The molecule has 0 spiro atoms.